The van der Waals surface area contributed by atoms with Crippen molar-refractivity contribution in [1.82, 2.24) is 15.1 Å². The maximum absolute atomic E-state index is 12.3. The lowest BCUT2D eigenvalue weighted by molar-refractivity contribution is -0.141. The van der Waals surface area contributed by atoms with Gasteiger partial charge in [0.05, 0.1) is 17.2 Å². The van der Waals surface area contributed by atoms with E-state index >= 15 is 0 Å². The zero-order chi connectivity index (χ0) is 14.9. The Balaban J connectivity index is 2.06. The predicted molar refractivity (Wildman–Crippen MR) is 73.6 cm³/mol. The van der Waals surface area contributed by atoms with Gasteiger partial charge in [0.1, 0.15) is 0 Å². The number of carboxylic acid groups (broad SMARTS) is 1. The minimum atomic E-state index is -0.770. The van der Waals surface area contributed by atoms with E-state index in [4.69, 9.17) is 5.11 Å². The molecule has 0 spiro atoms. The Morgan fingerprint density at radius 1 is 1.40 bits per heavy atom. The molecule has 1 fully saturated rings. The van der Waals surface area contributed by atoms with E-state index in [1.807, 2.05) is 20.8 Å². The first-order valence-electron chi connectivity index (χ1n) is 7.01. The van der Waals surface area contributed by atoms with Crippen molar-refractivity contribution >= 4 is 11.9 Å². The van der Waals surface area contributed by atoms with E-state index in [0.29, 0.717) is 18.4 Å². The van der Waals surface area contributed by atoms with Crippen LogP contribution in [-0.2, 0) is 11.3 Å². The number of hydrogen-bond acceptors (Lipinski definition) is 3. The zero-order valence-corrected chi connectivity index (χ0v) is 12.1. The van der Waals surface area contributed by atoms with E-state index in [1.54, 1.807) is 4.68 Å². The number of hydrogen-bond donors (Lipinski definition) is 2. The average Bonchev–Trinajstić information content (AvgIpc) is 2.94. The molecule has 1 saturated carbocycles. The summed E-state index contributed by atoms with van der Waals surface area (Å²) in [7, 11) is 0. The molecule has 6 heteroatoms. The lowest BCUT2D eigenvalue weighted by Gasteiger charge is -2.12. The van der Waals surface area contributed by atoms with Crippen molar-refractivity contribution in [2.75, 3.05) is 0 Å². The molecule has 6 nitrogen and oxygen atoms in total. The molecule has 1 amide bonds. The highest BCUT2D eigenvalue weighted by Crippen LogP contribution is 2.26. The van der Waals surface area contributed by atoms with Gasteiger partial charge in [0.2, 0.25) is 0 Å². The molecule has 0 radical (unpaired) electrons. The number of aryl methyl sites for hydroxylation is 2. The SMILES string of the molecule is CCn1nc(C)c(C(=O)N[C@@H]2CC[C@H](C(=O)O)C2)c1C. The minimum Gasteiger partial charge on any atom is -0.481 e. The third-order valence-corrected chi connectivity index (χ3v) is 4.03. The van der Waals surface area contributed by atoms with Crippen LogP contribution in [0.1, 0.15) is 47.9 Å². The summed E-state index contributed by atoms with van der Waals surface area (Å²) in [5.74, 6) is -1.25. The van der Waals surface area contributed by atoms with Crippen LogP contribution in [-0.4, -0.2) is 32.8 Å². The number of aliphatic carboxylic acids is 1. The summed E-state index contributed by atoms with van der Waals surface area (Å²) < 4.78 is 1.80. The zero-order valence-electron chi connectivity index (χ0n) is 12.1. The van der Waals surface area contributed by atoms with Crippen LogP contribution < -0.4 is 5.32 Å². The third-order valence-electron chi connectivity index (χ3n) is 4.03. The quantitative estimate of drug-likeness (QED) is 0.874. The molecule has 2 atom stereocenters. The first-order valence-corrected chi connectivity index (χ1v) is 7.01. The van der Waals surface area contributed by atoms with Crippen molar-refractivity contribution in [2.45, 2.75) is 52.6 Å². The van der Waals surface area contributed by atoms with Gasteiger partial charge in [-0.15, -0.1) is 0 Å². The standard InChI is InChI=1S/C14H21N3O3/c1-4-17-9(3)12(8(2)16-17)13(18)15-11-6-5-10(7-11)14(19)20/h10-11H,4-7H2,1-3H3,(H,15,18)(H,19,20)/t10-,11+/m0/s1. The van der Waals surface area contributed by atoms with Crippen LogP contribution in [0.3, 0.4) is 0 Å². The van der Waals surface area contributed by atoms with Crippen LogP contribution in [0.2, 0.25) is 0 Å². The fourth-order valence-electron chi connectivity index (χ4n) is 2.93. The Kier molecular flexibility index (Phi) is 4.11. The topological polar surface area (TPSA) is 84.2 Å². The smallest absolute Gasteiger partial charge is 0.306 e. The van der Waals surface area contributed by atoms with Gasteiger partial charge in [0, 0.05) is 18.3 Å². The van der Waals surface area contributed by atoms with Crippen molar-refractivity contribution in [2.24, 2.45) is 5.92 Å². The molecule has 1 aliphatic rings. The molecule has 0 bridgehead atoms. The normalized spacial score (nSPS) is 21.9. The van der Waals surface area contributed by atoms with E-state index in [1.165, 1.54) is 0 Å². The first kappa shape index (κ1) is 14.6. The molecular weight excluding hydrogens is 258 g/mol. The molecule has 1 aromatic heterocycles. The fraction of sp³-hybridized carbons (Fsp3) is 0.643. The average molecular weight is 279 g/mol. The van der Waals surface area contributed by atoms with Gasteiger partial charge in [-0.05, 0) is 40.0 Å². The molecule has 110 valence electrons. The summed E-state index contributed by atoms with van der Waals surface area (Å²) in [6.45, 7) is 6.41. The van der Waals surface area contributed by atoms with Crippen molar-refractivity contribution in [1.29, 1.82) is 0 Å². The molecule has 0 saturated heterocycles. The number of amides is 1. The molecule has 1 aliphatic carbocycles. The summed E-state index contributed by atoms with van der Waals surface area (Å²) in [6, 6.07) is -0.0487. The van der Waals surface area contributed by atoms with Gasteiger partial charge >= 0.3 is 5.97 Å². The lowest BCUT2D eigenvalue weighted by Crippen LogP contribution is -2.34. The number of rotatable bonds is 4. The Morgan fingerprint density at radius 2 is 2.10 bits per heavy atom. The summed E-state index contributed by atoms with van der Waals surface area (Å²) >= 11 is 0. The number of nitrogens with one attached hydrogen (secondary N) is 1. The lowest BCUT2D eigenvalue weighted by atomic mass is 10.1. The number of aromatic nitrogens is 2. The van der Waals surface area contributed by atoms with E-state index in [2.05, 4.69) is 10.4 Å². The number of carbonyl (C=O) groups is 2. The maximum atomic E-state index is 12.3. The van der Waals surface area contributed by atoms with Gasteiger partial charge in [0.25, 0.3) is 5.91 Å². The second-order valence-corrected chi connectivity index (χ2v) is 5.38. The van der Waals surface area contributed by atoms with Gasteiger partial charge in [-0.25, -0.2) is 0 Å². The predicted octanol–water partition coefficient (Wildman–Crippen LogP) is 1.50. The number of carboxylic acids is 1. The summed E-state index contributed by atoms with van der Waals surface area (Å²) in [5.41, 5.74) is 2.19. The Morgan fingerprint density at radius 3 is 2.60 bits per heavy atom. The molecule has 2 N–H and O–H groups in total. The fourth-order valence-corrected chi connectivity index (χ4v) is 2.93. The largest absolute Gasteiger partial charge is 0.481 e. The molecule has 0 aliphatic heterocycles. The molecule has 20 heavy (non-hydrogen) atoms. The van der Waals surface area contributed by atoms with Crippen LogP contribution in [0.5, 0.6) is 0 Å². The van der Waals surface area contributed by atoms with E-state index in [0.717, 1.165) is 24.4 Å². The molecule has 0 aromatic carbocycles. The van der Waals surface area contributed by atoms with Crippen LogP contribution in [0.15, 0.2) is 0 Å². The molecule has 2 rings (SSSR count). The van der Waals surface area contributed by atoms with E-state index in [9.17, 15) is 9.59 Å². The van der Waals surface area contributed by atoms with Gasteiger partial charge in [-0.3, -0.25) is 14.3 Å². The molecular formula is C14H21N3O3. The van der Waals surface area contributed by atoms with Crippen molar-refractivity contribution < 1.29 is 14.7 Å². The van der Waals surface area contributed by atoms with Gasteiger partial charge in [-0.2, -0.15) is 5.10 Å². The first-order chi connectivity index (χ1) is 9.43. The van der Waals surface area contributed by atoms with Crippen LogP contribution >= 0.6 is 0 Å². The van der Waals surface area contributed by atoms with Gasteiger partial charge in [-0.1, -0.05) is 0 Å². The van der Waals surface area contributed by atoms with Crippen LogP contribution in [0.25, 0.3) is 0 Å². The number of carbonyl (C=O) groups excluding carboxylic acids is 1. The van der Waals surface area contributed by atoms with Crippen LogP contribution in [0, 0.1) is 19.8 Å². The van der Waals surface area contributed by atoms with E-state index < -0.39 is 5.97 Å². The summed E-state index contributed by atoms with van der Waals surface area (Å²) in [5, 5.41) is 16.3. The maximum Gasteiger partial charge on any atom is 0.306 e. The highest BCUT2D eigenvalue weighted by atomic mass is 16.4. The van der Waals surface area contributed by atoms with E-state index in [-0.39, 0.29) is 17.9 Å². The highest BCUT2D eigenvalue weighted by molar-refractivity contribution is 5.96. The summed E-state index contributed by atoms with van der Waals surface area (Å²) in [6.07, 6.45) is 1.87. The van der Waals surface area contributed by atoms with Gasteiger partial charge < -0.3 is 10.4 Å². The van der Waals surface area contributed by atoms with Gasteiger partial charge in [0.15, 0.2) is 0 Å². The second-order valence-electron chi connectivity index (χ2n) is 5.38. The second kappa shape index (κ2) is 5.64. The number of nitrogens with zero attached hydrogens (tertiary/aromatic N) is 2. The van der Waals surface area contributed by atoms with Crippen molar-refractivity contribution in [3.8, 4) is 0 Å². The Hall–Kier alpha value is -1.85. The Labute approximate surface area is 118 Å². The van der Waals surface area contributed by atoms with Crippen molar-refractivity contribution in [3.05, 3.63) is 17.0 Å². The summed E-state index contributed by atoms with van der Waals surface area (Å²) in [4.78, 5) is 23.3. The minimum absolute atomic E-state index is 0.0487. The van der Waals surface area contributed by atoms with Crippen molar-refractivity contribution in [3.63, 3.8) is 0 Å². The molecule has 1 aromatic rings. The monoisotopic (exact) mass is 279 g/mol. The third kappa shape index (κ3) is 2.69. The molecule has 1 heterocycles. The highest BCUT2D eigenvalue weighted by Gasteiger charge is 2.31. The Bertz CT molecular complexity index is 536. The van der Waals surface area contributed by atoms with Crippen LogP contribution in [0.4, 0.5) is 0 Å². The molecule has 0 unspecified atom stereocenters.